The highest BCUT2D eigenvalue weighted by Gasteiger charge is 2.46. The van der Waals surface area contributed by atoms with Gasteiger partial charge in [-0.2, -0.15) is 0 Å². The molecule has 1 aromatic rings. The molecule has 0 saturated carbocycles. The van der Waals surface area contributed by atoms with Gasteiger partial charge >= 0.3 is 5.70 Å². The highest BCUT2D eigenvalue weighted by molar-refractivity contribution is 5.98. The van der Waals surface area contributed by atoms with E-state index in [0.29, 0.717) is 12.4 Å². The fourth-order valence-electron chi connectivity index (χ4n) is 2.99. The van der Waals surface area contributed by atoms with Gasteiger partial charge in [0, 0.05) is 18.3 Å². The van der Waals surface area contributed by atoms with Gasteiger partial charge < -0.3 is 9.80 Å². The third-order valence-corrected chi connectivity index (χ3v) is 3.84. The summed E-state index contributed by atoms with van der Waals surface area (Å²) < 4.78 is 0. The molecule has 4 rings (SSSR count). The molecule has 0 aromatic heterocycles. The van der Waals surface area contributed by atoms with Crippen molar-refractivity contribution < 1.29 is 4.92 Å². The normalized spacial score (nSPS) is 23.2. The van der Waals surface area contributed by atoms with E-state index in [1.54, 1.807) is 12.2 Å². The predicted molar refractivity (Wildman–Crippen MR) is 74.9 cm³/mol. The molecule has 0 radical (unpaired) electrons. The second-order valence-corrected chi connectivity index (χ2v) is 4.97. The molecule has 3 heterocycles. The van der Waals surface area contributed by atoms with Gasteiger partial charge in [-0.1, -0.05) is 18.2 Å². The fraction of sp³-hybridized carbons (Fsp3) is 0.214. The largest absolute Gasteiger partial charge is 0.320 e. The minimum Gasteiger partial charge on any atom is -0.320 e. The van der Waals surface area contributed by atoms with Crippen molar-refractivity contribution in [2.75, 3.05) is 18.0 Å². The van der Waals surface area contributed by atoms with E-state index in [4.69, 9.17) is 0 Å². The lowest BCUT2D eigenvalue weighted by Gasteiger charge is -2.25. The van der Waals surface area contributed by atoms with Crippen LogP contribution >= 0.6 is 0 Å². The zero-order chi connectivity index (χ0) is 13.7. The van der Waals surface area contributed by atoms with E-state index in [9.17, 15) is 10.1 Å². The van der Waals surface area contributed by atoms with Crippen molar-refractivity contribution in [3.05, 3.63) is 64.1 Å². The number of benzene rings is 1. The summed E-state index contributed by atoms with van der Waals surface area (Å²) in [4.78, 5) is 19.4. The van der Waals surface area contributed by atoms with Crippen LogP contribution in [0.3, 0.4) is 0 Å². The van der Waals surface area contributed by atoms with Crippen LogP contribution < -0.4 is 4.90 Å². The predicted octanol–water partition coefficient (Wildman–Crippen LogP) is 1.60. The summed E-state index contributed by atoms with van der Waals surface area (Å²) in [6, 6.07) is 9.97. The molecular formula is C14H12N4O2. The summed E-state index contributed by atoms with van der Waals surface area (Å²) in [7, 11) is 0. The maximum Gasteiger partial charge on any atom is 0.310 e. The molecule has 3 aliphatic heterocycles. The van der Waals surface area contributed by atoms with Gasteiger partial charge in [-0.15, -0.1) is 0 Å². The molecule has 1 aromatic carbocycles. The molecule has 0 N–H and O–H groups in total. The van der Waals surface area contributed by atoms with Gasteiger partial charge in [0.2, 0.25) is 0 Å². The van der Waals surface area contributed by atoms with Gasteiger partial charge in [0.15, 0.2) is 5.82 Å². The first-order chi connectivity index (χ1) is 9.75. The van der Waals surface area contributed by atoms with E-state index < -0.39 is 0 Å². The van der Waals surface area contributed by atoms with Crippen molar-refractivity contribution >= 4 is 11.5 Å². The van der Waals surface area contributed by atoms with E-state index in [2.05, 4.69) is 4.99 Å². The van der Waals surface area contributed by atoms with E-state index >= 15 is 0 Å². The lowest BCUT2D eigenvalue weighted by Crippen LogP contribution is -2.33. The van der Waals surface area contributed by atoms with Crippen LogP contribution in [0.4, 0.5) is 5.69 Å². The Kier molecular flexibility index (Phi) is 2.20. The molecule has 0 aliphatic carbocycles. The number of hydrogen-bond acceptors (Lipinski definition) is 5. The van der Waals surface area contributed by atoms with Gasteiger partial charge in [0.1, 0.15) is 5.84 Å². The summed E-state index contributed by atoms with van der Waals surface area (Å²) >= 11 is 0. The highest BCUT2D eigenvalue weighted by atomic mass is 16.6. The van der Waals surface area contributed by atoms with Crippen LogP contribution in [0.15, 0.2) is 59.0 Å². The fourth-order valence-corrected chi connectivity index (χ4v) is 2.99. The van der Waals surface area contributed by atoms with Crippen LogP contribution in [0, 0.1) is 10.1 Å². The Hall–Kier alpha value is -2.63. The number of hydrogen-bond donors (Lipinski definition) is 0. The Bertz CT molecular complexity index is 678. The lowest BCUT2D eigenvalue weighted by molar-refractivity contribution is -0.421. The Morgan fingerprint density at radius 3 is 2.80 bits per heavy atom. The minimum atomic E-state index is -0.320. The van der Waals surface area contributed by atoms with Crippen LogP contribution in [0.5, 0.6) is 0 Å². The second-order valence-electron chi connectivity index (χ2n) is 4.97. The third-order valence-electron chi connectivity index (χ3n) is 3.84. The van der Waals surface area contributed by atoms with Crippen LogP contribution in [0.2, 0.25) is 0 Å². The summed E-state index contributed by atoms with van der Waals surface area (Å²) in [5.41, 5.74) is 1.11. The summed E-state index contributed by atoms with van der Waals surface area (Å²) in [6.07, 6.45) is 3.28. The van der Waals surface area contributed by atoms with Crippen molar-refractivity contribution in [2.45, 2.75) is 6.04 Å². The molecule has 6 nitrogen and oxygen atoms in total. The van der Waals surface area contributed by atoms with E-state index in [1.165, 1.54) is 0 Å². The molecule has 6 heteroatoms. The Morgan fingerprint density at radius 1 is 1.25 bits per heavy atom. The number of anilines is 1. The van der Waals surface area contributed by atoms with Gasteiger partial charge in [-0.25, -0.2) is 0 Å². The SMILES string of the molecule is O=[N+]([O-])C1=C2N(c3ccccc3)CC3CN=C(C=C1)N23. The lowest BCUT2D eigenvalue weighted by atomic mass is 10.2. The standard InChI is InChI=1S/C14H12N4O2/c19-18(20)12-6-7-13-15-8-11-9-16(14(12)17(11)13)10-4-2-1-3-5-10/h1-7,11H,8-9H2. The van der Waals surface area contributed by atoms with Gasteiger partial charge in [-0.3, -0.25) is 15.1 Å². The number of aliphatic imine (C=N–C) groups is 1. The van der Waals surface area contributed by atoms with Crippen LogP contribution in [0.25, 0.3) is 0 Å². The van der Waals surface area contributed by atoms with Crippen molar-refractivity contribution in [1.82, 2.24) is 4.90 Å². The monoisotopic (exact) mass is 268 g/mol. The van der Waals surface area contributed by atoms with E-state index in [-0.39, 0.29) is 16.7 Å². The third kappa shape index (κ3) is 1.41. The van der Waals surface area contributed by atoms with Crippen molar-refractivity contribution in [1.29, 1.82) is 0 Å². The topological polar surface area (TPSA) is 62.0 Å². The van der Waals surface area contributed by atoms with Crippen LogP contribution in [0.1, 0.15) is 0 Å². The average Bonchev–Trinajstić information content (AvgIpc) is 3.05. The van der Waals surface area contributed by atoms with E-state index in [0.717, 1.165) is 18.1 Å². The molecule has 0 spiro atoms. The Balaban J connectivity index is 1.88. The highest BCUT2D eigenvalue weighted by Crippen LogP contribution is 2.37. The number of rotatable bonds is 2. The first-order valence-corrected chi connectivity index (χ1v) is 6.49. The molecule has 0 amide bonds. The zero-order valence-corrected chi connectivity index (χ0v) is 10.6. The van der Waals surface area contributed by atoms with Crippen molar-refractivity contribution in [3.8, 4) is 0 Å². The first kappa shape index (κ1) is 11.2. The van der Waals surface area contributed by atoms with Gasteiger partial charge in [0.25, 0.3) is 0 Å². The minimum absolute atomic E-state index is 0.136. The number of nitro groups is 1. The van der Waals surface area contributed by atoms with Crippen LogP contribution in [-0.4, -0.2) is 34.8 Å². The molecule has 1 unspecified atom stereocenters. The first-order valence-electron chi connectivity index (χ1n) is 6.49. The number of amidine groups is 1. The van der Waals surface area contributed by atoms with Crippen molar-refractivity contribution in [3.63, 3.8) is 0 Å². The van der Waals surface area contributed by atoms with Crippen molar-refractivity contribution in [2.24, 2.45) is 4.99 Å². The smallest absolute Gasteiger partial charge is 0.310 e. The van der Waals surface area contributed by atoms with E-state index in [1.807, 2.05) is 40.1 Å². The average molecular weight is 268 g/mol. The summed E-state index contributed by atoms with van der Waals surface area (Å²) in [6.45, 7) is 1.42. The number of para-hydroxylation sites is 1. The van der Waals surface area contributed by atoms with Crippen LogP contribution in [-0.2, 0) is 0 Å². The maximum absolute atomic E-state index is 11.3. The molecule has 1 saturated heterocycles. The molecular weight excluding hydrogens is 256 g/mol. The van der Waals surface area contributed by atoms with Gasteiger partial charge in [0.05, 0.1) is 17.5 Å². The molecule has 3 aliphatic rings. The van der Waals surface area contributed by atoms with Gasteiger partial charge in [-0.05, 0) is 18.2 Å². The zero-order valence-electron chi connectivity index (χ0n) is 10.6. The molecule has 20 heavy (non-hydrogen) atoms. The number of nitrogens with zero attached hydrogens (tertiary/aromatic N) is 4. The second kappa shape index (κ2) is 3.93. The molecule has 0 bridgehead atoms. The molecule has 1 fully saturated rings. The number of allylic oxidation sites excluding steroid dienone is 1. The quantitative estimate of drug-likeness (QED) is 0.604. The molecule has 100 valence electrons. The summed E-state index contributed by atoms with van der Waals surface area (Å²) in [5, 5.41) is 11.3. The Labute approximate surface area is 115 Å². The molecule has 1 atom stereocenters. The maximum atomic E-state index is 11.3. The summed E-state index contributed by atoms with van der Waals surface area (Å²) in [5.74, 6) is 1.47. The Morgan fingerprint density at radius 2 is 2.05 bits per heavy atom.